The summed E-state index contributed by atoms with van der Waals surface area (Å²) in [5.41, 5.74) is 4.63. The lowest BCUT2D eigenvalue weighted by Gasteiger charge is -2.05. The molecule has 0 bridgehead atoms. The van der Waals surface area contributed by atoms with Crippen molar-refractivity contribution in [2.75, 3.05) is 5.32 Å². The van der Waals surface area contributed by atoms with Gasteiger partial charge in [-0.05, 0) is 42.0 Å². The van der Waals surface area contributed by atoms with Gasteiger partial charge < -0.3 is 5.32 Å². The quantitative estimate of drug-likeness (QED) is 0.503. The fourth-order valence-electron chi connectivity index (χ4n) is 1.30. The van der Waals surface area contributed by atoms with Gasteiger partial charge in [0.1, 0.15) is 0 Å². The maximum absolute atomic E-state index is 5.10. The Balaban J connectivity index is 1.84. The lowest BCUT2D eigenvalue weighted by molar-refractivity contribution is 1.05. The topological polar surface area (TPSA) is 49.3 Å². The molecule has 0 aliphatic heterocycles. The number of rotatable bonds is 3. The molecule has 0 radical (unpaired) electrons. The number of hydrogen-bond donors (Lipinski definition) is 2. The molecule has 4 nitrogen and oxygen atoms in total. The first-order chi connectivity index (χ1) is 8.84. The first kappa shape index (κ1) is 12.2. The Morgan fingerprint density at radius 2 is 1.83 bits per heavy atom. The van der Waals surface area contributed by atoms with Gasteiger partial charge in [-0.1, -0.05) is 18.2 Å². The number of anilines is 1. The smallest absolute Gasteiger partial charge is 0.191 e. The molecule has 0 unspecified atom stereocenters. The molecule has 0 saturated carbocycles. The first-order valence-corrected chi connectivity index (χ1v) is 5.80. The lowest BCUT2D eigenvalue weighted by atomic mass is 10.3. The molecule has 1 aromatic carbocycles. The van der Waals surface area contributed by atoms with E-state index in [9.17, 15) is 0 Å². The highest BCUT2D eigenvalue weighted by Crippen LogP contribution is 2.04. The molecule has 1 heterocycles. The minimum atomic E-state index is 0.450. The third kappa shape index (κ3) is 3.95. The van der Waals surface area contributed by atoms with Crippen molar-refractivity contribution >= 4 is 29.2 Å². The van der Waals surface area contributed by atoms with Crippen LogP contribution in [0.5, 0.6) is 0 Å². The molecule has 2 N–H and O–H groups in total. The fourth-order valence-corrected chi connectivity index (χ4v) is 1.47. The van der Waals surface area contributed by atoms with Crippen molar-refractivity contribution in [2.24, 2.45) is 5.10 Å². The first-order valence-electron chi connectivity index (χ1n) is 5.40. The average molecular weight is 256 g/mol. The summed E-state index contributed by atoms with van der Waals surface area (Å²) in [6, 6.07) is 13.4. The molecule has 1 aromatic heterocycles. The molecule has 0 amide bonds. The van der Waals surface area contributed by atoms with E-state index in [2.05, 4.69) is 20.8 Å². The third-order valence-corrected chi connectivity index (χ3v) is 2.31. The second kappa shape index (κ2) is 6.46. The molecule has 5 heteroatoms. The number of aromatic nitrogens is 1. The summed E-state index contributed by atoms with van der Waals surface area (Å²) in [7, 11) is 0. The van der Waals surface area contributed by atoms with Crippen LogP contribution < -0.4 is 10.7 Å². The summed E-state index contributed by atoms with van der Waals surface area (Å²) in [5, 5.41) is 7.50. The number of thiocarbonyl (C=S) groups is 1. The minimum Gasteiger partial charge on any atom is -0.331 e. The average Bonchev–Trinajstić information content (AvgIpc) is 2.41. The van der Waals surface area contributed by atoms with Crippen LogP contribution in [0.15, 0.2) is 60.0 Å². The van der Waals surface area contributed by atoms with Gasteiger partial charge in [-0.3, -0.25) is 10.4 Å². The lowest BCUT2D eigenvalue weighted by Crippen LogP contribution is -2.23. The van der Waals surface area contributed by atoms with Gasteiger partial charge in [-0.25, -0.2) is 0 Å². The van der Waals surface area contributed by atoms with Crippen LogP contribution in [0.3, 0.4) is 0 Å². The monoisotopic (exact) mass is 256 g/mol. The summed E-state index contributed by atoms with van der Waals surface area (Å²) in [5.74, 6) is 0. The van der Waals surface area contributed by atoms with E-state index in [1.165, 1.54) is 0 Å². The molecule has 2 rings (SSSR count). The van der Waals surface area contributed by atoms with E-state index in [0.29, 0.717) is 5.11 Å². The van der Waals surface area contributed by atoms with Crippen LogP contribution in [-0.4, -0.2) is 16.3 Å². The molecular formula is C13H12N4S. The SMILES string of the molecule is S=C(N/N=C/c1ccncc1)Nc1ccccc1. The maximum Gasteiger partial charge on any atom is 0.191 e. The van der Waals surface area contributed by atoms with Gasteiger partial charge in [0.05, 0.1) is 6.21 Å². The van der Waals surface area contributed by atoms with Gasteiger partial charge in [0.15, 0.2) is 5.11 Å². The second-order valence-electron chi connectivity index (χ2n) is 3.47. The van der Waals surface area contributed by atoms with Crippen LogP contribution in [-0.2, 0) is 0 Å². The Morgan fingerprint density at radius 3 is 2.56 bits per heavy atom. The number of benzene rings is 1. The Bertz CT molecular complexity index is 525. The van der Waals surface area contributed by atoms with Gasteiger partial charge >= 0.3 is 0 Å². The molecule has 0 saturated heterocycles. The molecule has 90 valence electrons. The largest absolute Gasteiger partial charge is 0.331 e. The third-order valence-electron chi connectivity index (χ3n) is 2.12. The number of pyridine rings is 1. The maximum atomic E-state index is 5.10. The summed E-state index contributed by atoms with van der Waals surface area (Å²) >= 11 is 5.10. The van der Waals surface area contributed by atoms with Crippen LogP contribution in [0.25, 0.3) is 0 Å². The highest BCUT2D eigenvalue weighted by atomic mass is 32.1. The normalized spacial score (nSPS) is 10.2. The molecular weight excluding hydrogens is 244 g/mol. The van der Waals surface area contributed by atoms with Crippen LogP contribution in [0.1, 0.15) is 5.56 Å². The van der Waals surface area contributed by atoms with Crippen molar-refractivity contribution in [3.63, 3.8) is 0 Å². The zero-order valence-corrected chi connectivity index (χ0v) is 10.4. The van der Waals surface area contributed by atoms with Gasteiger partial charge in [0.2, 0.25) is 0 Å². The summed E-state index contributed by atoms with van der Waals surface area (Å²) in [6.07, 6.45) is 5.10. The van der Waals surface area contributed by atoms with E-state index in [1.54, 1.807) is 18.6 Å². The molecule has 0 atom stereocenters. The van der Waals surface area contributed by atoms with E-state index in [4.69, 9.17) is 12.2 Å². The highest BCUT2D eigenvalue weighted by Gasteiger charge is 1.93. The summed E-state index contributed by atoms with van der Waals surface area (Å²) < 4.78 is 0. The number of nitrogens with one attached hydrogen (secondary N) is 2. The number of para-hydroxylation sites is 1. The van der Waals surface area contributed by atoms with Crippen LogP contribution >= 0.6 is 12.2 Å². The van der Waals surface area contributed by atoms with Gasteiger partial charge in [-0.15, -0.1) is 0 Å². The second-order valence-corrected chi connectivity index (χ2v) is 3.88. The highest BCUT2D eigenvalue weighted by molar-refractivity contribution is 7.80. The molecule has 2 aromatic rings. The fraction of sp³-hybridized carbons (Fsp3) is 0. The van der Waals surface area contributed by atoms with E-state index in [1.807, 2.05) is 42.5 Å². The standard InChI is InChI=1S/C13H12N4S/c18-13(16-12-4-2-1-3-5-12)17-15-10-11-6-8-14-9-7-11/h1-10H,(H2,16,17,18)/b15-10+. The van der Waals surface area contributed by atoms with E-state index in [0.717, 1.165) is 11.3 Å². The van der Waals surface area contributed by atoms with Crippen molar-refractivity contribution in [3.8, 4) is 0 Å². The van der Waals surface area contributed by atoms with Crippen molar-refractivity contribution in [1.82, 2.24) is 10.4 Å². The van der Waals surface area contributed by atoms with Crippen molar-refractivity contribution in [3.05, 3.63) is 60.4 Å². The Morgan fingerprint density at radius 1 is 1.11 bits per heavy atom. The Hall–Kier alpha value is -2.27. The van der Waals surface area contributed by atoms with Gasteiger partial charge in [0.25, 0.3) is 0 Å². The van der Waals surface area contributed by atoms with Crippen molar-refractivity contribution in [2.45, 2.75) is 0 Å². The molecule has 0 aliphatic rings. The van der Waals surface area contributed by atoms with E-state index in [-0.39, 0.29) is 0 Å². The predicted octanol–water partition coefficient (Wildman–Crippen LogP) is 2.40. The number of nitrogens with zero attached hydrogens (tertiary/aromatic N) is 2. The van der Waals surface area contributed by atoms with Crippen LogP contribution in [0.2, 0.25) is 0 Å². The van der Waals surface area contributed by atoms with E-state index >= 15 is 0 Å². The zero-order valence-electron chi connectivity index (χ0n) is 9.58. The molecule has 0 aliphatic carbocycles. The van der Waals surface area contributed by atoms with E-state index < -0.39 is 0 Å². The van der Waals surface area contributed by atoms with Crippen LogP contribution in [0.4, 0.5) is 5.69 Å². The van der Waals surface area contributed by atoms with Crippen molar-refractivity contribution < 1.29 is 0 Å². The van der Waals surface area contributed by atoms with Crippen molar-refractivity contribution in [1.29, 1.82) is 0 Å². The molecule has 0 spiro atoms. The zero-order chi connectivity index (χ0) is 12.6. The summed E-state index contributed by atoms with van der Waals surface area (Å²) in [4.78, 5) is 3.92. The number of hydrazone groups is 1. The Labute approximate surface area is 111 Å². The van der Waals surface area contributed by atoms with Crippen LogP contribution in [0, 0.1) is 0 Å². The predicted molar refractivity (Wildman–Crippen MR) is 77.6 cm³/mol. The molecule has 0 fully saturated rings. The minimum absolute atomic E-state index is 0.450. The molecule has 18 heavy (non-hydrogen) atoms. The van der Waals surface area contributed by atoms with Gasteiger partial charge in [0, 0.05) is 18.1 Å². The Kier molecular flexibility index (Phi) is 4.38. The summed E-state index contributed by atoms with van der Waals surface area (Å²) in [6.45, 7) is 0. The van der Waals surface area contributed by atoms with Gasteiger partial charge in [-0.2, -0.15) is 5.10 Å². The number of hydrogen-bond acceptors (Lipinski definition) is 3.